The number of hydrogen-bond acceptors (Lipinski definition) is 6. The molecule has 1 heterocycles. The molecule has 156 valence electrons. The van der Waals surface area contributed by atoms with Crippen molar-refractivity contribution in [3.63, 3.8) is 0 Å². The lowest BCUT2D eigenvalue weighted by atomic mass is 10.0. The van der Waals surface area contributed by atoms with Crippen LogP contribution in [0.1, 0.15) is 58.6 Å². The lowest BCUT2D eigenvalue weighted by Crippen LogP contribution is -2.33. The summed E-state index contributed by atoms with van der Waals surface area (Å²) in [6.07, 6.45) is 3.45. The van der Waals surface area contributed by atoms with Gasteiger partial charge in [-0.2, -0.15) is 5.10 Å². The Hall–Kier alpha value is -2.29. The Morgan fingerprint density at radius 1 is 1.46 bits per heavy atom. The zero-order valence-corrected chi connectivity index (χ0v) is 17.7. The van der Waals surface area contributed by atoms with Crippen molar-refractivity contribution < 1.29 is 17.9 Å². The van der Waals surface area contributed by atoms with Crippen molar-refractivity contribution in [2.24, 2.45) is 0 Å². The van der Waals surface area contributed by atoms with Crippen molar-refractivity contribution >= 4 is 21.7 Å². The van der Waals surface area contributed by atoms with E-state index in [0.717, 1.165) is 25.0 Å². The molecule has 0 bridgehead atoms. The molecule has 1 aromatic heterocycles. The third kappa shape index (κ3) is 6.12. The van der Waals surface area contributed by atoms with Crippen LogP contribution in [0, 0.1) is 0 Å². The van der Waals surface area contributed by atoms with E-state index in [1.807, 2.05) is 19.9 Å². The minimum absolute atomic E-state index is 0.0454. The number of H-pyrrole nitrogens is 1. The molecule has 3 N–H and O–H groups in total. The van der Waals surface area contributed by atoms with Crippen LogP contribution < -0.4 is 10.6 Å². The van der Waals surface area contributed by atoms with E-state index in [1.165, 1.54) is 6.08 Å². The highest BCUT2D eigenvalue weighted by molar-refractivity contribution is 7.95. The first-order valence-corrected chi connectivity index (χ1v) is 11.1. The van der Waals surface area contributed by atoms with Gasteiger partial charge in [0.05, 0.1) is 5.75 Å². The number of amides is 1. The number of rotatable bonds is 8. The molecule has 1 saturated carbocycles. The summed E-state index contributed by atoms with van der Waals surface area (Å²) < 4.78 is 29.1. The average Bonchev–Trinajstić information content (AvgIpc) is 3.23. The molecule has 0 saturated heterocycles. The molecule has 0 aromatic carbocycles. The van der Waals surface area contributed by atoms with Gasteiger partial charge in [-0.15, -0.1) is 0 Å². The number of nitrogens with one attached hydrogen (secondary N) is 3. The van der Waals surface area contributed by atoms with Gasteiger partial charge in [0, 0.05) is 34.3 Å². The molecular formula is C19H30N4O4S. The predicted octanol–water partition coefficient (Wildman–Crippen LogP) is 3.44. The average molecular weight is 411 g/mol. The monoisotopic (exact) mass is 410 g/mol. The van der Waals surface area contributed by atoms with Crippen molar-refractivity contribution in [2.45, 2.75) is 65.0 Å². The molecule has 1 amide bonds. The number of hydrogen-bond donors (Lipinski definition) is 3. The Kier molecular flexibility index (Phi) is 7.29. The van der Waals surface area contributed by atoms with E-state index < -0.39 is 9.84 Å². The summed E-state index contributed by atoms with van der Waals surface area (Å²) in [6.45, 7) is 10.8. The highest BCUT2D eigenvalue weighted by atomic mass is 32.2. The van der Waals surface area contributed by atoms with Gasteiger partial charge in [0.15, 0.2) is 15.7 Å². The van der Waals surface area contributed by atoms with E-state index in [9.17, 15) is 13.2 Å². The van der Waals surface area contributed by atoms with Crippen LogP contribution in [-0.4, -0.2) is 42.6 Å². The molecule has 0 spiro atoms. The number of ether oxygens (including phenoxy) is 1. The van der Waals surface area contributed by atoms with Crippen LogP contribution >= 0.6 is 0 Å². The molecule has 2 atom stereocenters. The Bertz CT molecular complexity index is 842. The molecule has 2 rings (SSSR count). The fraction of sp³-hybridized carbons (Fsp3) is 0.579. The van der Waals surface area contributed by atoms with Gasteiger partial charge >= 0.3 is 6.09 Å². The molecule has 0 radical (unpaired) electrons. The molecule has 0 unspecified atom stereocenters. The van der Waals surface area contributed by atoms with Gasteiger partial charge in [0.25, 0.3) is 0 Å². The van der Waals surface area contributed by atoms with Crippen LogP contribution in [0.5, 0.6) is 0 Å². The first-order valence-electron chi connectivity index (χ1n) is 9.50. The van der Waals surface area contributed by atoms with Gasteiger partial charge in [-0.25, -0.2) is 13.2 Å². The number of carbonyl (C=O) groups is 1. The van der Waals surface area contributed by atoms with Crippen LogP contribution in [0.15, 0.2) is 29.3 Å². The van der Waals surface area contributed by atoms with Gasteiger partial charge in [0.1, 0.15) is 6.10 Å². The van der Waals surface area contributed by atoms with E-state index in [4.69, 9.17) is 4.74 Å². The zero-order chi connectivity index (χ0) is 20.9. The molecule has 28 heavy (non-hydrogen) atoms. The molecule has 1 aliphatic carbocycles. The number of allylic oxidation sites excluding steroid dienone is 2. The van der Waals surface area contributed by atoms with Crippen LogP contribution in [-0.2, 0) is 14.6 Å². The lowest BCUT2D eigenvalue weighted by Gasteiger charge is -2.14. The summed E-state index contributed by atoms with van der Waals surface area (Å²) >= 11 is 0. The van der Waals surface area contributed by atoms with Crippen molar-refractivity contribution in [3.05, 3.63) is 35.0 Å². The van der Waals surface area contributed by atoms with Gasteiger partial charge < -0.3 is 15.4 Å². The van der Waals surface area contributed by atoms with E-state index in [0.29, 0.717) is 11.5 Å². The van der Waals surface area contributed by atoms with E-state index in [-0.39, 0.29) is 34.8 Å². The number of alkyl carbamates (subject to hydrolysis) is 1. The smallest absolute Gasteiger partial charge is 0.407 e. The lowest BCUT2D eigenvalue weighted by molar-refractivity contribution is 0.0981. The molecule has 0 aliphatic heterocycles. The second-order valence-corrected chi connectivity index (χ2v) is 9.80. The maximum atomic E-state index is 11.8. The topological polar surface area (TPSA) is 113 Å². The van der Waals surface area contributed by atoms with Crippen LogP contribution in [0.25, 0.3) is 0 Å². The quantitative estimate of drug-likeness (QED) is 0.566. The highest BCUT2D eigenvalue weighted by Gasteiger charge is 2.30. The van der Waals surface area contributed by atoms with Crippen LogP contribution in [0.4, 0.5) is 10.6 Å². The Morgan fingerprint density at radius 3 is 2.82 bits per heavy atom. The minimum atomic E-state index is -3.23. The Labute approximate surface area is 166 Å². The minimum Gasteiger partial charge on any atom is -0.446 e. The third-order valence-corrected chi connectivity index (χ3v) is 6.50. The summed E-state index contributed by atoms with van der Waals surface area (Å²) in [7, 11) is -3.23. The van der Waals surface area contributed by atoms with E-state index in [2.05, 4.69) is 27.4 Å². The first-order chi connectivity index (χ1) is 13.1. The van der Waals surface area contributed by atoms with Crippen molar-refractivity contribution in [2.75, 3.05) is 11.1 Å². The number of nitrogens with zero attached hydrogens (tertiary/aromatic N) is 1. The van der Waals surface area contributed by atoms with Crippen molar-refractivity contribution in [1.82, 2.24) is 15.5 Å². The van der Waals surface area contributed by atoms with Gasteiger partial charge in [-0.3, -0.25) is 5.10 Å². The highest BCUT2D eigenvalue weighted by Crippen LogP contribution is 2.36. The summed E-state index contributed by atoms with van der Waals surface area (Å²) in [5.41, 5.74) is 1.40. The normalized spacial score (nSPS) is 20.2. The van der Waals surface area contributed by atoms with Crippen LogP contribution in [0.3, 0.4) is 0 Å². The zero-order valence-electron chi connectivity index (χ0n) is 16.9. The predicted molar refractivity (Wildman–Crippen MR) is 110 cm³/mol. The molecule has 1 aliphatic rings. The van der Waals surface area contributed by atoms with Crippen molar-refractivity contribution in [1.29, 1.82) is 0 Å². The van der Waals surface area contributed by atoms with Crippen molar-refractivity contribution in [3.8, 4) is 0 Å². The summed E-state index contributed by atoms with van der Waals surface area (Å²) in [5.74, 6) is 0.848. The largest absolute Gasteiger partial charge is 0.446 e. The number of sulfone groups is 1. The summed E-state index contributed by atoms with van der Waals surface area (Å²) in [4.78, 5) is 12.0. The van der Waals surface area contributed by atoms with Crippen LogP contribution in [0.2, 0.25) is 0 Å². The Morgan fingerprint density at radius 2 is 2.18 bits per heavy atom. The van der Waals surface area contributed by atoms with Gasteiger partial charge in [0.2, 0.25) is 0 Å². The standard InChI is InChI=1S/C19H30N4O4S/c1-6-28(25,26)14(5)9-13(4)21-18-11-17(22-23-18)15-7-8-16(10-15)27-19(24)20-12(2)3/h9,11-12,15-16H,4,6-8,10H2,1-3,5H3,(H,20,24)(H2,21,22,23)/b14-9+/t15-,16+/m0/s1. The second-order valence-electron chi connectivity index (χ2n) is 7.35. The first kappa shape index (κ1) is 22.0. The fourth-order valence-electron chi connectivity index (χ4n) is 3.12. The SMILES string of the molecule is C=C(/C=C(\C)S(=O)(=O)CC)Nc1cc([C@H]2CC[C@@H](OC(=O)NC(C)C)C2)[nH]n1. The maximum Gasteiger partial charge on any atom is 0.407 e. The third-order valence-electron chi connectivity index (χ3n) is 4.64. The molecule has 8 nitrogen and oxygen atoms in total. The number of anilines is 1. The molecule has 9 heteroatoms. The number of carbonyl (C=O) groups excluding carboxylic acids is 1. The van der Waals surface area contributed by atoms with E-state index in [1.54, 1.807) is 13.8 Å². The molecule has 1 fully saturated rings. The maximum absolute atomic E-state index is 11.8. The summed E-state index contributed by atoms with van der Waals surface area (Å²) in [6, 6.07) is 1.92. The number of aromatic nitrogens is 2. The second kappa shape index (κ2) is 9.27. The van der Waals surface area contributed by atoms with Gasteiger partial charge in [-0.05, 0) is 46.1 Å². The molecule has 1 aromatic rings. The molecular weight excluding hydrogens is 380 g/mol. The Balaban J connectivity index is 1.91. The fourth-order valence-corrected chi connectivity index (χ4v) is 3.90. The van der Waals surface area contributed by atoms with Gasteiger partial charge in [-0.1, -0.05) is 13.5 Å². The van der Waals surface area contributed by atoms with E-state index >= 15 is 0 Å². The number of aromatic amines is 1. The summed E-state index contributed by atoms with van der Waals surface area (Å²) in [5, 5.41) is 13.0.